The van der Waals surface area contributed by atoms with Crippen LogP contribution in [0.15, 0.2) is 24.3 Å². The van der Waals surface area contributed by atoms with E-state index >= 15 is 0 Å². The Hall–Kier alpha value is -1.55. The monoisotopic (exact) mass is 223 g/mol. The van der Waals surface area contributed by atoms with Gasteiger partial charge in [0.15, 0.2) is 0 Å². The fourth-order valence-corrected chi connectivity index (χ4v) is 1.32. The molecule has 1 rings (SSSR count). The lowest BCUT2D eigenvalue weighted by atomic mass is 10.2. The lowest BCUT2D eigenvalue weighted by Crippen LogP contribution is -2.24. The maximum absolute atomic E-state index is 11.6. The fourth-order valence-electron chi connectivity index (χ4n) is 1.32. The molecule has 0 radical (unpaired) electrons. The first-order valence-electron chi connectivity index (χ1n) is 5.30. The number of phenolic OH excluding ortho intramolecular Hbond substituents is 1. The summed E-state index contributed by atoms with van der Waals surface area (Å²) in [7, 11) is 1.66. The van der Waals surface area contributed by atoms with E-state index in [1.165, 1.54) is 12.1 Å². The standard InChI is InChI=1S/C12H17NO3/c1-16-8-3-2-7-13-12(15)10-5-4-6-11(14)9-10/h4-6,9,14H,2-3,7-8H2,1H3,(H,13,15). The summed E-state index contributed by atoms with van der Waals surface area (Å²) in [5, 5.41) is 12.0. The lowest BCUT2D eigenvalue weighted by Gasteiger charge is -2.05. The van der Waals surface area contributed by atoms with Gasteiger partial charge in [-0.2, -0.15) is 0 Å². The second-order valence-corrected chi connectivity index (χ2v) is 3.51. The summed E-state index contributed by atoms with van der Waals surface area (Å²) in [5.74, 6) is -0.0552. The molecule has 4 heteroatoms. The van der Waals surface area contributed by atoms with Crippen molar-refractivity contribution >= 4 is 5.91 Å². The van der Waals surface area contributed by atoms with Crippen LogP contribution in [0.4, 0.5) is 0 Å². The van der Waals surface area contributed by atoms with Gasteiger partial charge in [-0.05, 0) is 31.0 Å². The van der Waals surface area contributed by atoms with Crippen LogP contribution in [0.3, 0.4) is 0 Å². The van der Waals surface area contributed by atoms with Crippen molar-refractivity contribution in [2.45, 2.75) is 12.8 Å². The highest BCUT2D eigenvalue weighted by Gasteiger charge is 2.04. The summed E-state index contributed by atoms with van der Waals surface area (Å²) in [6.07, 6.45) is 1.81. The number of benzene rings is 1. The molecule has 0 aliphatic rings. The van der Waals surface area contributed by atoms with E-state index in [4.69, 9.17) is 4.74 Å². The molecule has 0 aliphatic carbocycles. The largest absolute Gasteiger partial charge is 0.508 e. The number of aromatic hydroxyl groups is 1. The van der Waals surface area contributed by atoms with Gasteiger partial charge in [-0.1, -0.05) is 6.07 Å². The van der Waals surface area contributed by atoms with Crippen molar-refractivity contribution in [3.63, 3.8) is 0 Å². The molecule has 0 aromatic heterocycles. The molecule has 88 valence electrons. The highest BCUT2D eigenvalue weighted by atomic mass is 16.5. The Morgan fingerprint density at radius 1 is 1.44 bits per heavy atom. The highest BCUT2D eigenvalue weighted by molar-refractivity contribution is 5.94. The predicted octanol–water partition coefficient (Wildman–Crippen LogP) is 1.55. The number of unbranched alkanes of at least 4 members (excludes halogenated alkanes) is 1. The second kappa shape index (κ2) is 6.85. The lowest BCUT2D eigenvalue weighted by molar-refractivity contribution is 0.0951. The molecule has 0 heterocycles. The molecule has 0 unspecified atom stereocenters. The summed E-state index contributed by atoms with van der Waals surface area (Å²) in [6.45, 7) is 1.33. The van der Waals surface area contributed by atoms with Crippen molar-refractivity contribution in [1.29, 1.82) is 0 Å². The first kappa shape index (κ1) is 12.5. The van der Waals surface area contributed by atoms with Crippen molar-refractivity contribution in [2.75, 3.05) is 20.3 Å². The quantitative estimate of drug-likeness (QED) is 0.719. The summed E-state index contributed by atoms with van der Waals surface area (Å²) >= 11 is 0. The SMILES string of the molecule is COCCCCNC(=O)c1cccc(O)c1. The molecule has 1 aromatic carbocycles. The van der Waals surface area contributed by atoms with E-state index in [0.29, 0.717) is 18.7 Å². The Morgan fingerprint density at radius 3 is 2.94 bits per heavy atom. The third kappa shape index (κ3) is 4.31. The average molecular weight is 223 g/mol. The van der Waals surface area contributed by atoms with Gasteiger partial charge in [0.1, 0.15) is 5.75 Å². The molecule has 0 fully saturated rings. The van der Waals surface area contributed by atoms with Gasteiger partial charge in [0.2, 0.25) is 0 Å². The minimum absolute atomic E-state index is 0.104. The van der Waals surface area contributed by atoms with Crippen molar-refractivity contribution in [2.24, 2.45) is 0 Å². The Balaban J connectivity index is 2.30. The maximum atomic E-state index is 11.6. The summed E-state index contributed by atoms with van der Waals surface area (Å²) < 4.78 is 4.90. The van der Waals surface area contributed by atoms with Gasteiger partial charge in [0, 0.05) is 25.8 Å². The number of phenols is 1. The number of carbonyl (C=O) groups is 1. The molecule has 1 aromatic rings. The van der Waals surface area contributed by atoms with Crippen LogP contribution in [-0.2, 0) is 4.74 Å². The van der Waals surface area contributed by atoms with Gasteiger partial charge in [-0.25, -0.2) is 0 Å². The van der Waals surface area contributed by atoms with Crippen LogP contribution in [0.1, 0.15) is 23.2 Å². The molecular weight excluding hydrogens is 206 g/mol. The first-order valence-corrected chi connectivity index (χ1v) is 5.30. The zero-order chi connectivity index (χ0) is 11.8. The van der Waals surface area contributed by atoms with Crippen LogP contribution in [0.5, 0.6) is 5.75 Å². The number of ether oxygens (including phenoxy) is 1. The summed E-state index contributed by atoms with van der Waals surface area (Å²) in [4.78, 5) is 11.6. The number of carbonyl (C=O) groups excluding carboxylic acids is 1. The Labute approximate surface area is 95.2 Å². The highest BCUT2D eigenvalue weighted by Crippen LogP contribution is 2.10. The van der Waals surface area contributed by atoms with Crippen molar-refractivity contribution in [1.82, 2.24) is 5.32 Å². The van der Waals surface area contributed by atoms with Crippen LogP contribution < -0.4 is 5.32 Å². The predicted molar refractivity (Wildman–Crippen MR) is 61.6 cm³/mol. The van der Waals surface area contributed by atoms with Gasteiger partial charge < -0.3 is 15.2 Å². The minimum atomic E-state index is -0.159. The van der Waals surface area contributed by atoms with E-state index in [1.807, 2.05) is 0 Å². The molecule has 0 saturated heterocycles. The van der Waals surface area contributed by atoms with Crippen LogP contribution >= 0.6 is 0 Å². The molecule has 0 saturated carbocycles. The Morgan fingerprint density at radius 2 is 2.25 bits per heavy atom. The number of rotatable bonds is 6. The van der Waals surface area contributed by atoms with Crippen LogP contribution in [0, 0.1) is 0 Å². The number of hydrogen-bond donors (Lipinski definition) is 2. The third-order valence-electron chi connectivity index (χ3n) is 2.17. The number of nitrogens with one attached hydrogen (secondary N) is 1. The number of amides is 1. The first-order chi connectivity index (χ1) is 7.74. The molecular formula is C12H17NO3. The summed E-state index contributed by atoms with van der Waals surface area (Å²) in [5.41, 5.74) is 0.478. The van der Waals surface area contributed by atoms with Gasteiger partial charge in [-0.3, -0.25) is 4.79 Å². The van der Waals surface area contributed by atoms with Gasteiger partial charge >= 0.3 is 0 Å². The molecule has 0 bridgehead atoms. The van der Waals surface area contributed by atoms with E-state index < -0.39 is 0 Å². The molecule has 16 heavy (non-hydrogen) atoms. The number of methoxy groups -OCH3 is 1. The molecule has 2 N–H and O–H groups in total. The van der Waals surface area contributed by atoms with Crippen LogP contribution in [-0.4, -0.2) is 31.3 Å². The van der Waals surface area contributed by atoms with Crippen LogP contribution in [0.2, 0.25) is 0 Å². The molecule has 0 atom stereocenters. The zero-order valence-electron chi connectivity index (χ0n) is 9.40. The van der Waals surface area contributed by atoms with E-state index in [2.05, 4.69) is 5.32 Å². The fraction of sp³-hybridized carbons (Fsp3) is 0.417. The normalized spacial score (nSPS) is 10.1. The molecule has 0 aliphatic heterocycles. The van der Waals surface area contributed by atoms with Crippen LogP contribution in [0.25, 0.3) is 0 Å². The van der Waals surface area contributed by atoms with E-state index in [1.54, 1.807) is 19.2 Å². The van der Waals surface area contributed by atoms with Gasteiger partial charge in [-0.15, -0.1) is 0 Å². The molecule has 1 amide bonds. The zero-order valence-corrected chi connectivity index (χ0v) is 9.40. The van der Waals surface area contributed by atoms with E-state index in [9.17, 15) is 9.90 Å². The molecule has 0 spiro atoms. The van der Waals surface area contributed by atoms with E-state index in [0.717, 1.165) is 12.8 Å². The Bertz CT molecular complexity index is 339. The topological polar surface area (TPSA) is 58.6 Å². The van der Waals surface area contributed by atoms with Crippen molar-refractivity contribution < 1.29 is 14.6 Å². The second-order valence-electron chi connectivity index (χ2n) is 3.51. The Kier molecular flexibility index (Phi) is 5.36. The third-order valence-corrected chi connectivity index (χ3v) is 2.17. The molecule has 4 nitrogen and oxygen atoms in total. The van der Waals surface area contributed by atoms with Gasteiger partial charge in [0.05, 0.1) is 0 Å². The van der Waals surface area contributed by atoms with Crippen molar-refractivity contribution in [3.8, 4) is 5.75 Å². The van der Waals surface area contributed by atoms with E-state index in [-0.39, 0.29) is 11.7 Å². The number of hydrogen-bond acceptors (Lipinski definition) is 3. The summed E-state index contributed by atoms with van der Waals surface area (Å²) in [6, 6.07) is 6.30. The minimum Gasteiger partial charge on any atom is -0.508 e. The van der Waals surface area contributed by atoms with Crippen molar-refractivity contribution in [3.05, 3.63) is 29.8 Å². The smallest absolute Gasteiger partial charge is 0.251 e. The van der Waals surface area contributed by atoms with Gasteiger partial charge in [0.25, 0.3) is 5.91 Å². The average Bonchev–Trinajstić information content (AvgIpc) is 2.28. The maximum Gasteiger partial charge on any atom is 0.251 e.